The summed E-state index contributed by atoms with van der Waals surface area (Å²) < 4.78 is 64.1. The first kappa shape index (κ1) is 43.1. The van der Waals surface area contributed by atoms with Crippen LogP contribution < -0.4 is 15.4 Å². The third-order valence-corrected chi connectivity index (χ3v) is 12.1. The fourth-order valence-corrected chi connectivity index (χ4v) is 8.92. The minimum Gasteiger partial charge on any atom is -0.470 e. The molecule has 2 saturated heterocycles. The first-order valence-electron chi connectivity index (χ1n) is 20.9. The Morgan fingerprint density at radius 2 is 1.27 bits per heavy atom. The molecule has 3 aromatic heterocycles. The van der Waals surface area contributed by atoms with Crippen LogP contribution in [0.4, 0.5) is 22.8 Å². The van der Waals surface area contributed by atoms with Gasteiger partial charge >= 0.3 is 12.2 Å². The quantitative estimate of drug-likeness (QED) is 0.113. The number of nitrogens with one attached hydrogen (secondary N) is 4. The lowest BCUT2D eigenvalue weighted by molar-refractivity contribution is -0.136. The van der Waals surface area contributed by atoms with E-state index in [1.165, 1.54) is 24.0 Å². The molecule has 6 heterocycles. The van der Waals surface area contributed by atoms with Crippen LogP contribution in [-0.4, -0.2) is 110 Å². The Labute approximate surface area is 360 Å². The monoisotopic (exact) mass is 873 g/mol. The first-order valence-corrected chi connectivity index (χ1v) is 20.9. The summed E-state index contributed by atoms with van der Waals surface area (Å²) in [5.74, 6) is -0.769. The summed E-state index contributed by atoms with van der Waals surface area (Å²) in [4.78, 5) is 69.6. The van der Waals surface area contributed by atoms with Crippen LogP contribution in [0.3, 0.4) is 0 Å². The maximum Gasteiger partial charge on any atom is 0.407 e. The molecule has 0 spiro atoms. The van der Waals surface area contributed by atoms with E-state index in [0.29, 0.717) is 62.1 Å². The molecule has 0 bridgehead atoms. The Hall–Kier alpha value is -6.53. The molecule has 0 saturated carbocycles. The third kappa shape index (κ3) is 7.92. The van der Waals surface area contributed by atoms with Crippen molar-refractivity contribution in [2.45, 2.75) is 90.2 Å². The number of amides is 4. The number of hydrogen-bond acceptors (Lipinski definition) is 9. The maximum atomic E-state index is 16.7. The summed E-state index contributed by atoms with van der Waals surface area (Å²) in [5, 5.41) is 5.46. The van der Waals surface area contributed by atoms with Gasteiger partial charge in [-0.2, -0.15) is 0 Å². The summed E-state index contributed by atoms with van der Waals surface area (Å²) in [6, 6.07) is 7.37. The Morgan fingerprint density at radius 1 is 0.778 bits per heavy atom. The summed E-state index contributed by atoms with van der Waals surface area (Å²) >= 11 is 0. The number of hydrogen-bond donors (Lipinski definition) is 4. The van der Waals surface area contributed by atoms with Crippen LogP contribution in [0.25, 0.3) is 44.7 Å². The Morgan fingerprint density at radius 3 is 1.76 bits per heavy atom. The number of ether oxygens (including phenoxy) is 3. The number of alkyl carbamates (subject to hydrolysis) is 2. The minimum atomic E-state index is -1.30. The molecule has 7 unspecified atom stereocenters. The summed E-state index contributed by atoms with van der Waals surface area (Å²) in [6.07, 6.45) is -1.53. The molecule has 5 aromatic rings. The fourth-order valence-electron chi connectivity index (χ4n) is 8.92. The SMILES string of the molecule is COC(=O)NC(C(=O)N1CC(F)CC1c1ncc(-c2ccc3c(c2)OC(C)n2c-3c(F)c3cc(-c4cnc(C5CC(F)CN5C(=O)C(NC(=O)OC)C(C)C)[nH]4)ccc32)[nH]1)C(C)C. The van der Waals surface area contributed by atoms with Crippen molar-refractivity contribution in [3.63, 3.8) is 0 Å². The molecule has 8 rings (SSSR count). The number of imidazole rings is 2. The minimum absolute atomic E-state index is 0.0122. The van der Waals surface area contributed by atoms with Gasteiger partial charge < -0.3 is 49.2 Å². The topological polar surface area (TPSA) is 189 Å². The molecule has 4 amide bonds. The molecular weight excluding hydrogens is 824 g/mol. The number of carbonyl (C=O) groups is 4. The predicted octanol–water partition coefficient (Wildman–Crippen LogP) is 7.12. The van der Waals surface area contributed by atoms with Gasteiger partial charge in [0, 0.05) is 34.9 Å². The second-order valence-electron chi connectivity index (χ2n) is 17.0. The van der Waals surface area contributed by atoms with Crippen LogP contribution in [0.1, 0.15) is 77.4 Å². The van der Waals surface area contributed by atoms with E-state index in [1.54, 1.807) is 75.0 Å². The Balaban J connectivity index is 1.04. The van der Waals surface area contributed by atoms with Crippen LogP contribution in [-0.2, 0) is 19.1 Å². The highest BCUT2D eigenvalue weighted by Crippen LogP contribution is 2.46. The van der Waals surface area contributed by atoms with Gasteiger partial charge in [-0.05, 0) is 43.0 Å². The van der Waals surface area contributed by atoms with Gasteiger partial charge in [-0.1, -0.05) is 39.8 Å². The van der Waals surface area contributed by atoms with E-state index in [9.17, 15) is 28.0 Å². The van der Waals surface area contributed by atoms with E-state index in [1.807, 2.05) is 13.0 Å². The van der Waals surface area contributed by atoms with Crippen LogP contribution in [0, 0.1) is 17.7 Å². The lowest BCUT2D eigenvalue weighted by atomic mass is 10.0. The van der Waals surface area contributed by atoms with E-state index >= 15 is 4.39 Å². The number of halogens is 3. The molecular formula is C44H50F3N9O7. The van der Waals surface area contributed by atoms with Crippen molar-refractivity contribution in [3.8, 4) is 39.5 Å². The van der Waals surface area contributed by atoms with Crippen molar-refractivity contribution in [2.24, 2.45) is 11.8 Å². The van der Waals surface area contributed by atoms with Crippen molar-refractivity contribution in [3.05, 3.63) is 66.3 Å². The summed E-state index contributed by atoms with van der Waals surface area (Å²) in [7, 11) is 2.41. The number of alkyl halides is 2. The number of carbonyl (C=O) groups excluding carboxylic acids is 4. The molecule has 19 heteroatoms. The molecule has 4 N–H and O–H groups in total. The Bertz CT molecular complexity index is 2570. The summed E-state index contributed by atoms with van der Waals surface area (Å²) in [6.45, 7) is 8.61. The van der Waals surface area contributed by atoms with Gasteiger partial charge in [0.2, 0.25) is 11.8 Å². The van der Waals surface area contributed by atoms with Gasteiger partial charge in [0.15, 0.2) is 12.0 Å². The van der Waals surface area contributed by atoms with Gasteiger partial charge in [-0.3, -0.25) is 9.59 Å². The average Bonchev–Trinajstić information content (AvgIpc) is 4.11. The number of rotatable bonds is 10. The number of methoxy groups -OCH3 is 2. The molecule has 63 heavy (non-hydrogen) atoms. The highest BCUT2D eigenvalue weighted by atomic mass is 19.1. The van der Waals surface area contributed by atoms with Crippen molar-refractivity contribution in [2.75, 3.05) is 27.3 Å². The Kier molecular flexibility index (Phi) is 11.6. The van der Waals surface area contributed by atoms with E-state index in [-0.39, 0.29) is 37.8 Å². The van der Waals surface area contributed by atoms with Gasteiger partial charge in [0.25, 0.3) is 0 Å². The predicted molar refractivity (Wildman–Crippen MR) is 224 cm³/mol. The second kappa shape index (κ2) is 17.0. The molecule has 2 aromatic carbocycles. The van der Waals surface area contributed by atoms with E-state index in [0.717, 1.165) is 0 Å². The van der Waals surface area contributed by atoms with Crippen LogP contribution in [0.5, 0.6) is 5.75 Å². The standard InChI is InChI=1S/C44H50F3N9O7/c1-20(2)36(52-43(59)61-6)41(57)54-18-25(45)14-32(54)39-48-16-29(50-39)23-9-11-31-28(12-23)35(47)38-27-10-8-24(13-34(27)63-22(5)56(31)38)30-17-49-40(51-30)33-15-26(46)19-55(33)42(58)37(21(3)4)53-44(60)62-7/h8-13,16-17,20-22,25-26,32-33,36-37H,14-15,18-19H2,1-7H3,(H,48,50)(H,49,51)(H,52,59)(H,53,60). The van der Waals surface area contributed by atoms with E-state index in [2.05, 4.69) is 30.6 Å². The molecule has 3 aliphatic heterocycles. The molecule has 3 aliphatic rings. The van der Waals surface area contributed by atoms with E-state index < -0.39 is 72.6 Å². The zero-order valence-corrected chi connectivity index (χ0v) is 35.9. The largest absolute Gasteiger partial charge is 0.470 e. The van der Waals surface area contributed by atoms with Gasteiger partial charge in [0.05, 0.1) is 74.4 Å². The van der Waals surface area contributed by atoms with Gasteiger partial charge in [-0.25, -0.2) is 32.7 Å². The number of aromatic nitrogens is 5. The number of fused-ring (bicyclic) bond motifs is 5. The highest BCUT2D eigenvalue weighted by molar-refractivity contribution is 5.93. The smallest absolute Gasteiger partial charge is 0.407 e. The maximum absolute atomic E-state index is 16.7. The lowest BCUT2D eigenvalue weighted by Crippen LogP contribution is -2.51. The first-order chi connectivity index (χ1) is 30.1. The van der Waals surface area contributed by atoms with Crippen LogP contribution >= 0.6 is 0 Å². The molecule has 0 radical (unpaired) electrons. The third-order valence-electron chi connectivity index (χ3n) is 12.1. The number of likely N-dealkylation sites (tertiary alicyclic amines) is 2. The van der Waals surface area contributed by atoms with Gasteiger partial charge in [-0.15, -0.1) is 0 Å². The molecule has 2 fully saturated rings. The lowest BCUT2D eigenvalue weighted by Gasteiger charge is -2.29. The van der Waals surface area contributed by atoms with E-state index in [4.69, 9.17) is 14.2 Å². The number of H-pyrrole nitrogens is 2. The second-order valence-corrected chi connectivity index (χ2v) is 17.0. The van der Waals surface area contributed by atoms with Crippen LogP contribution in [0.2, 0.25) is 0 Å². The zero-order valence-electron chi connectivity index (χ0n) is 35.9. The van der Waals surface area contributed by atoms with Crippen molar-refractivity contribution < 1.29 is 46.6 Å². The molecule has 16 nitrogen and oxygen atoms in total. The van der Waals surface area contributed by atoms with Crippen molar-refractivity contribution in [1.29, 1.82) is 0 Å². The zero-order chi connectivity index (χ0) is 45.0. The van der Waals surface area contributed by atoms with Gasteiger partial charge in [0.1, 0.15) is 41.8 Å². The van der Waals surface area contributed by atoms with Crippen molar-refractivity contribution >= 4 is 34.9 Å². The number of aromatic amines is 2. The molecule has 0 aliphatic carbocycles. The molecule has 334 valence electrons. The molecule has 7 atom stereocenters. The van der Waals surface area contributed by atoms with Crippen molar-refractivity contribution in [1.82, 2.24) is 44.9 Å². The van der Waals surface area contributed by atoms with Crippen LogP contribution in [0.15, 0.2) is 48.8 Å². The normalized spacial score (nSPS) is 21.6. The number of nitrogens with zero attached hydrogens (tertiary/aromatic N) is 5. The fraction of sp³-hybridized carbons (Fsp3) is 0.455. The highest BCUT2D eigenvalue weighted by Gasteiger charge is 2.43. The average molecular weight is 874 g/mol. The summed E-state index contributed by atoms with van der Waals surface area (Å²) in [5.41, 5.74) is 3.85. The number of benzene rings is 2.